The summed E-state index contributed by atoms with van der Waals surface area (Å²) in [5, 5.41) is 11.1. The average molecular weight is 436 g/mol. The third-order valence-corrected chi connectivity index (χ3v) is 6.15. The minimum absolute atomic E-state index is 0.0128. The van der Waals surface area contributed by atoms with E-state index in [0.717, 1.165) is 17.2 Å². The van der Waals surface area contributed by atoms with Crippen molar-refractivity contribution in [2.45, 2.75) is 25.2 Å². The van der Waals surface area contributed by atoms with Crippen LogP contribution in [0.3, 0.4) is 0 Å². The maximum Gasteiger partial charge on any atom is 0.275 e. The fraction of sp³-hybridized carbons (Fsp3) is 0.211. The fourth-order valence-electron chi connectivity index (χ4n) is 2.63. The molecule has 1 aromatic heterocycles. The molecule has 0 spiro atoms. The van der Waals surface area contributed by atoms with Crippen LogP contribution in [0, 0.1) is 24.0 Å². The van der Waals surface area contributed by atoms with Crippen LogP contribution in [0.2, 0.25) is 5.02 Å². The molecule has 0 radical (unpaired) electrons. The van der Waals surface area contributed by atoms with Gasteiger partial charge in [-0.2, -0.15) is 0 Å². The van der Waals surface area contributed by atoms with Crippen molar-refractivity contribution in [3.05, 3.63) is 74.6 Å². The van der Waals surface area contributed by atoms with Crippen molar-refractivity contribution < 1.29 is 17.8 Å². The van der Waals surface area contributed by atoms with E-state index >= 15 is 0 Å². The van der Waals surface area contributed by atoms with Gasteiger partial charge >= 0.3 is 0 Å². The van der Waals surface area contributed by atoms with E-state index in [0.29, 0.717) is 11.6 Å². The molecule has 152 valence electrons. The second kappa shape index (κ2) is 8.32. The highest BCUT2D eigenvalue weighted by molar-refractivity contribution is 7.89. The summed E-state index contributed by atoms with van der Waals surface area (Å²) in [7, 11) is -3.97. The lowest BCUT2D eigenvalue weighted by atomic mass is 10.1. The molecule has 0 aliphatic heterocycles. The number of benzene rings is 2. The Morgan fingerprint density at radius 3 is 2.55 bits per heavy atom. The number of nitro groups is 1. The summed E-state index contributed by atoms with van der Waals surface area (Å²) >= 11 is 5.95. The van der Waals surface area contributed by atoms with E-state index in [4.69, 9.17) is 16.0 Å². The maximum absolute atomic E-state index is 12.5. The van der Waals surface area contributed by atoms with Crippen LogP contribution in [0.25, 0.3) is 11.5 Å². The van der Waals surface area contributed by atoms with Gasteiger partial charge in [0.05, 0.1) is 20.5 Å². The quantitative estimate of drug-likeness (QED) is 0.442. The maximum atomic E-state index is 12.5. The van der Waals surface area contributed by atoms with Crippen LogP contribution in [0.15, 0.2) is 52.0 Å². The number of sulfonamides is 1. The number of nitrogens with zero attached hydrogens (tertiary/aromatic N) is 2. The summed E-state index contributed by atoms with van der Waals surface area (Å²) in [6, 6.07) is 9.86. The summed E-state index contributed by atoms with van der Waals surface area (Å²) < 4.78 is 32.8. The van der Waals surface area contributed by atoms with E-state index < -0.39 is 14.9 Å². The largest absolute Gasteiger partial charge is 0.444 e. The topological polar surface area (TPSA) is 115 Å². The van der Waals surface area contributed by atoms with Crippen molar-refractivity contribution in [2.24, 2.45) is 0 Å². The van der Waals surface area contributed by atoms with Crippen molar-refractivity contribution >= 4 is 27.3 Å². The molecular weight excluding hydrogens is 418 g/mol. The molecule has 0 amide bonds. The van der Waals surface area contributed by atoms with Gasteiger partial charge in [-0.1, -0.05) is 29.3 Å². The van der Waals surface area contributed by atoms with Crippen molar-refractivity contribution in [1.82, 2.24) is 9.71 Å². The van der Waals surface area contributed by atoms with Gasteiger partial charge in [0, 0.05) is 30.2 Å². The smallest absolute Gasteiger partial charge is 0.275 e. The molecule has 8 nitrogen and oxygen atoms in total. The lowest BCUT2D eigenvalue weighted by Crippen LogP contribution is -2.26. The molecule has 0 fully saturated rings. The molecule has 1 N–H and O–H groups in total. The zero-order chi connectivity index (χ0) is 21.2. The molecule has 0 aliphatic rings. The summed E-state index contributed by atoms with van der Waals surface area (Å²) in [4.78, 5) is 14.5. The second-order valence-electron chi connectivity index (χ2n) is 6.46. The van der Waals surface area contributed by atoms with E-state index in [2.05, 4.69) is 9.71 Å². The van der Waals surface area contributed by atoms with Crippen LogP contribution in [0.1, 0.15) is 16.8 Å². The molecule has 2 aromatic carbocycles. The van der Waals surface area contributed by atoms with Crippen LogP contribution >= 0.6 is 11.6 Å². The molecule has 3 rings (SSSR count). The number of nitro benzene ring substituents is 1. The molecule has 0 bridgehead atoms. The number of aromatic nitrogens is 1. The minimum Gasteiger partial charge on any atom is -0.444 e. The number of halogens is 1. The molecule has 0 atom stereocenters. The first-order valence-electron chi connectivity index (χ1n) is 8.63. The van der Waals surface area contributed by atoms with Crippen molar-refractivity contribution in [2.75, 3.05) is 6.54 Å². The summed E-state index contributed by atoms with van der Waals surface area (Å²) in [5.41, 5.74) is 2.38. The summed E-state index contributed by atoms with van der Waals surface area (Å²) in [6.07, 6.45) is 1.76. The van der Waals surface area contributed by atoms with Gasteiger partial charge in [0.15, 0.2) is 0 Å². The Labute approximate surface area is 172 Å². The van der Waals surface area contributed by atoms with Crippen LogP contribution in [-0.2, 0) is 16.4 Å². The van der Waals surface area contributed by atoms with Crippen LogP contribution in [-0.4, -0.2) is 24.9 Å². The molecule has 0 aliphatic carbocycles. The van der Waals surface area contributed by atoms with Gasteiger partial charge in [-0.25, -0.2) is 18.1 Å². The van der Waals surface area contributed by atoms with E-state index in [1.807, 2.05) is 31.2 Å². The second-order valence-corrected chi connectivity index (χ2v) is 8.64. The number of aryl methyl sites for hydroxylation is 1. The van der Waals surface area contributed by atoms with E-state index in [-0.39, 0.29) is 34.1 Å². The van der Waals surface area contributed by atoms with E-state index in [1.165, 1.54) is 19.3 Å². The highest BCUT2D eigenvalue weighted by Crippen LogP contribution is 2.29. The van der Waals surface area contributed by atoms with Crippen LogP contribution in [0.5, 0.6) is 0 Å². The van der Waals surface area contributed by atoms with Crippen LogP contribution in [0.4, 0.5) is 5.69 Å². The van der Waals surface area contributed by atoms with Gasteiger partial charge in [-0.05, 0) is 32.0 Å². The van der Waals surface area contributed by atoms with Gasteiger partial charge in [-0.15, -0.1) is 0 Å². The Kier molecular flexibility index (Phi) is 6.02. The monoisotopic (exact) mass is 435 g/mol. The van der Waals surface area contributed by atoms with Gasteiger partial charge < -0.3 is 4.42 Å². The Balaban J connectivity index is 1.69. The summed E-state index contributed by atoms with van der Waals surface area (Å²) in [6.45, 7) is 3.48. The molecule has 0 saturated carbocycles. The third kappa shape index (κ3) is 4.81. The Bertz CT molecular complexity index is 1160. The lowest BCUT2D eigenvalue weighted by molar-refractivity contribution is -0.385. The normalized spacial score (nSPS) is 11.6. The Morgan fingerprint density at radius 2 is 1.90 bits per heavy atom. The molecule has 10 heteroatoms. The van der Waals surface area contributed by atoms with Crippen molar-refractivity contribution in [3.63, 3.8) is 0 Å². The fourth-order valence-corrected chi connectivity index (χ4v) is 3.99. The Morgan fingerprint density at radius 1 is 1.21 bits per heavy atom. The predicted octanol–water partition coefficient (Wildman–Crippen LogP) is 4.04. The van der Waals surface area contributed by atoms with Gasteiger partial charge in [0.25, 0.3) is 5.69 Å². The molecule has 0 unspecified atom stereocenters. The lowest BCUT2D eigenvalue weighted by Gasteiger charge is -2.08. The molecule has 3 aromatic rings. The van der Waals surface area contributed by atoms with Crippen molar-refractivity contribution in [1.29, 1.82) is 0 Å². The standard InChI is InChI=1S/C19H18ClN3O5S/c1-12-3-5-14(6-4-12)19-22-15(11-28-19)7-8-21-29(26,27)16-9-17(20)13(2)18(10-16)23(24)25/h3-6,9-11,21H,7-8H2,1-2H3. The first kappa shape index (κ1) is 21.0. The third-order valence-electron chi connectivity index (χ3n) is 4.32. The Hall–Kier alpha value is -2.75. The minimum atomic E-state index is -3.97. The number of oxazole rings is 1. The molecule has 1 heterocycles. The predicted molar refractivity (Wildman–Crippen MR) is 108 cm³/mol. The number of hydrogen-bond donors (Lipinski definition) is 1. The average Bonchev–Trinajstić information content (AvgIpc) is 3.12. The SMILES string of the molecule is Cc1ccc(-c2nc(CCNS(=O)(=O)c3cc(Cl)c(C)c([N+](=O)[O-])c3)co2)cc1. The zero-order valence-corrected chi connectivity index (χ0v) is 17.2. The first-order chi connectivity index (χ1) is 13.7. The van der Waals surface area contributed by atoms with Gasteiger partial charge in [0.1, 0.15) is 6.26 Å². The highest BCUT2D eigenvalue weighted by Gasteiger charge is 2.22. The zero-order valence-electron chi connectivity index (χ0n) is 15.7. The van der Waals surface area contributed by atoms with Crippen molar-refractivity contribution in [3.8, 4) is 11.5 Å². The molecule has 0 saturated heterocycles. The first-order valence-corrected chi connectivity index (χ1v) is 10.5. The van der Waals surface area contributed by atoms with E-state index in [1.54, 1.807) is 0 Å². The number of rotatable bonds is 7. The molecule has 29 heavy (non-hydrogen) atoms. The van der Waals surface area contributed by atoms with Gasteiger partial charge in [0.2, 0.25) is 15.9 Å². The number of hydrogen-bond acceptors (Lipinski definition) is 6. The molecular formula is C19H18ClN3O5S. The summed E-state index contributed by atoms with van der Waals surface area (Å²) in [5.74, 6) is 0.448. The number of nitrogens with one attached hydrogen (secondary N) is 1. The van der Waals surface area contributed by atoms with Crippen LogP contribution < -0.4 is 4.72 Å². The van der Waals surface area contributed by atoms with E-state index in [9.17, 15) is 18.5 Å². The van der Waals surface area contributed by atoms with Gasteiger partial charge in [-0.3, -0.25) is 10.1 Å². The highest BCUT2D eigenvalue weighted by atomic mass is 35.5.